The fourth-order valence-corrected chi connectivity index (χ4v) is 5.29. The Kier molecular flexibility index (Phi) is 5.45. The van der Waals surface area contributed by atoms with E-state index in [1.165, 1.54) is 18.5 Å². The van der Waals surface area contributed by atoms with Crippen LogP contribution in [0.4, 0.5) is 11.5 Å². The van der Waals surface area contributed by atoms with Gasteiger partial charge in [-0.05, 0) is 38.1 Å². The Hall–Kier alpha value is -4.31. The third kappa shape index (κ3) is 3.97. The molecule has 0 aliphatic heterocycles. The van der Waals surface area contributed by atoms with Gasteiger partial charge in [0.2, 0.25) is 0 Å². The molecule has 0 aliphatic carbocycles. The fraction of sp³-hybridized carbons (Fsp3) is 0.120. The van der Waals surface area contributed by atoms with E-state index in [1.807, 2.05) is 18.4 Å². The predicted molar refractivity (Wildman–Crippen MR) is 135 cm³/mol. The monoisotopic (exact) mass is 486 g/mol. The number of hydrogen-bond donors (Lipinski definition) is 2. The molecule has 0 unspecified atom stereocenters. The largest absolute Gasteiger partial charge is 0.383 e. The third-order valence-corrected chi connectivity index (χ3v) is 7.11. The maximum absolute atomic E-state index is 13.5. The van der Waals surface area contributed by atoms with E-state index in [4.69, 9.17) is 5.73 Å². The van der Waals surface area contributed by atoms with Crippen LogP contribution in [-0.2, 0) is 10.0 Å². The number of rotatable bonds is 6. The molecule has 3 heterocycles. The molecule has 9 nitrogen and oxygen atoms in total. The van der Waals surface area contributed by atoms with Crippen LogP contribution in [0.15, 0.2) is 78.2 Å². The van der Waals surface area contributed by atoms with Gasteiger partial charge < -0.3 is 10.3 Å². The highest BCUT2D eigenvalue weighted by atomic mass is 32.2. The number of aromatic nitrogens is 4. The van der Waals surface area contributed by atoms with Gasteiger partial charge >= 0.3 is 0 Å². The number of para-hydroxylation sites is 1. The molecular formula is C25H22N6O3S. The van der Waals surface area contributed by atoms with Crippen LogP contribution in [0.5, 0.6) is 0 Å². The number of nitrogens with one attached hydrogen (secondary N) is 1. The molecule has 10 heteroatoms. The number of carbonyl (C=O) groups excluding carboxylic acids is 1. The Morgan fingerprint density at radius 1 is 1.03 bits per heavy atom. The minimum absolute atomic E-state index is 0.0424. The first-order valence-corrected chi connectivity index (χ1v) is 12.4. The molecule has 5 rings (SSSR count). The number of nitrogens with two attached hydrogens (primary N) is 1. The molecule has 0 bridgehead atoms. The van der Waals surface area contributed by atoms with Gasteiger partial charge in [-0.25, -0.2) is 18.4 Å². The molecule has 0 radical (unpaired) electrons. The summed E-state index contributed by atoms with van der Waals surface area (Å²) in [6.07, 6.45) is 4.62. The number of pyridine rings is 1. The zero-order valence-corrected chi connectivity index (χ0v) is 19.8. The molecule has 0 saturated heterocycles. The van der Waals surface area contributed by atoms with Gasteiger partial charge in [0.15, 0.2) is 5.78 Å². The van der Waals surface area contributed by atoms with Gasteiger partial charge in [-0.2, -0.15) is 0 Å². The lowest BCUT2D eigenvalue weighted by molar-refractivity contribution is 0.104. The second-order valence-corrected chi connectivity index (χ2v) is 10.00. The number of fused-ring (bicyclic) bond motifs is 2. The molecule has 35 heavy (non-hydrogen) atoms. The van der Waals surface area contributed by atoms with Crippen LogP contribution in [-0.4, -0.2) is 33.7 Å². The molecule has 5 aromatic rings. The van der Waals surface area contributed by atoms with E-state index in [1.54, 1.807) is 54.9 Å². The number of nitrogen functional groups attached to an aromatic ring is 1. The van der Waals surface area contributed by atoms with Crippen LogP contribution in [0.2, 0.25) is 0 Å². The quantitative estimate of drug-likeness (QED) is 0.344. The summed E-state index contributed by atoms with van der Waals surface area (Å²) in [5, 5.41) is 1.18. The standard InChI is InChI=1S/C25H22N6O3S/c1-15(2)31-13-19(21-24(26)28-14-29-25(21)31)23(32)17-7-3-9-18(12-17)30-35(33,34)20-10-4-6-16-8-5-11-27-22(16)20/h3-15,30H,1-2H3,(H2,26,28,29). The highest BCUT2D eigenvalue weighted by Crippen LogP contribution is 2.29. The number of carbonyl (C=O) groups is 1. The number of hydrogen-bond acceptors (Lipinski definition) is 7. The molecule has 176 valence electrons. The summed E-state index contributed by atoms with van der Waals surface area (Å²) in [5.41, 5.74) is 7.93. The topological polar surface area (TPSA) is 133 Å². The van der Waals surface area contributed by atoms with Crippen LogP contribution in [0, 0.1) is 0 Å². The molecular weight excluding hydrogens is 464 g/mol. The van der Waals surface area contributed by atoms with Crippen molar-refractivity contribution in [3.63, 3.8) is 0 Å². The maximum Gasteiger partial charge on any atom is 0.264 e. The summed E-state index contributed by atoms with van der Waals surface area (Å²) in [6, 6.07) is 14.9. The number of anilines is 2. The Balaban J connectivity index is 1.53. The molecule has 0 aliphatic rings. The number of sulfonamides is 1. The SMILES string of the molecule is CC(C)n1cc(C(=O)c2cccc(NS(=O)(=O)c3cccc4cccnc34)c2)c2c(N)ncnc21. The van der Waals surface area contributed by atoms with Crippen LogP contribution >= 0.6 is 0 Å². The first kappa shape index (κ1) is 22.5. The zero-order chi connectivity index (χ0) is 24.7. The third-order valence-electron chi connectivity index (χ3n) is 5.70. The summed E-state index contributed by atoms with van der Waals surface area (Å²) < 4.78 is 30.8. The summed E-state index contributed by atoms with van der Waals surface area (Å²) in [5.74, 6) is -0.109. The molecule has 0 atom stereocenters. The summed E-state index contributed by atoms with van der Waals surface area (Å²) >= 11 is 0. The minimum Gasteiger partial charge on any atom is -0.383 e. The van der Waals surface area contributed by atoms with Crippen molar-refractivity contribution in [2.24, 2.45) is 0 Å². The van der Waals surface area contributed by atoms with Crippen molar-refractivity contribution in [1.29, 1.82) is 0 Å². The lowest BCUT2D eigenvalue weighted by Crippen LogP contribution is -2.14. The van der Waals surface area contributed by atoms with E-state index in [2.05, 4.69) is 19.7 Å². The Morgan fingerprint density at radius 2 is 1.80 bits per heavy atom. The van der Waals surface area contributed by atoms with Crippen molar-refractivity contribution in [2.75, 3.05) is 10.5 Å². The molecule has 0 spiro atoms. The van der Waals surface area contributed by atoms with Crippen molar-refractivity contribution in [1.82, 2.24) is 19.5 Å². The van der Waals surface area contributed by atoms with Crippen molar-refractivity contribution in [3.8, 4) is 0 Å². The number of benzene rings is 2. The van der Waals surface area contributed by atoms with Gasteiger partial charge in [0.1, 0.15) is 22.7 Å². The van der Waals surface area contributed by atoms with E-state index in [9.17, 15) is 13.2 Å². The first-order valence-electron chi connectivity index (χ1n) is 10.9. The van der Waals surface area contributed by atoms with Crippen LogP contribution < -0.4 is 10.5 Å². The van der Waals surface area contributed by atoms with Crippen LogP contribution in [0.3, 0.4) is 0 Å². The fourth-order valence-electron chi connectivity index (χ4n) is 4.06. The van der Waals surface area contributed by atoms with E-state index in [0.717, 1.165) is 0 Å². The van der Waals surface area contributed by atoms with Gasteiger partial charge in [-0.1, -0.05) is 30.3 Å². The second-order valence-electron chi connectivity index (χ2n) is 8.35. The van der Waals surface area contributed by atoms with Gasteiger partial charge in [-0.3, -0.25) is 14.5 Å². The highest BCUT2D eigenvalue weighted by molar-refractivity contribution is 7.93. The summed E-state index contributed by atoms with van der Waals surface area (Å²) in [4.78, 5) is 26.1. The Morgan fingerprint density at radius 3 is 2.60 bits per heavy atom. The zero-order valence-electron chi connectivity index (χ0n) is 19.0. The van der Waals surface area contributed by atoms with E-state index in [0.29, 0.717) is 33.1 Å². The number of ketones is 1. The van der Waals surface area contributed by atoms with Crippen molar-refractivity contribution in [2.45, 2.75) is 24.8 Å². The van der Waals surface area contributed by atoms with Gasteiger partial charge in [0.05, 0.1) is 16.5 Å². The van der Waals surface area contributed by atoms with Gasteiger partial charge in [0, 0.05) is 35.1 Å². The van der Waals surface area contributed by atoms with Crippen molar-refractivity contribution >= 4 is 49.2 Å². The highest BCUT2D eigenvalue weighted by Gasteiger charge is 2.23. The van der Waals surface area contributed by atoms with Gasteiger partial charge in [-0.15, -0.1) is 0 Å². The predicted octanol–water partition coefficient (Wildman–Crippen LogP) is 4.17. The van der Waals surface area contributed by atoms with Crippen LogP contribution in [0.25, 0.3) is 21.9 Å². The lowest BCUT2D eigenvalue weighted by atomic mass is 10.0. The molecule has 0 fully saturated rings. The number of nitrogens with zero attached hydrogens (tertiary/aromatic N) is 4. The average molecular weight is 487 g/mol. The molecule has 3 N–H and O–H groups in total. The van der Waals surface area contributed by atoms with E-state index >= 15 is 0 Å². The lowest BCUT2D eigenvalue weighted by Gasteiger charge is -2.11. The molecule has 3 aromatic heterocycles. The maximum atomic E-state index is 13.5. The second kappa shape index (κ2) is 8.48. The van der Waals surface area contributed by atoms with Gasteiger partial charge in [0.25, 0.3) is 10.0 Å². The van der Waals surface area contributed by atoms with E-state index < -0.39 is 10.0 Å². The summed E-state index contributed by atoms with van der Waals surface area (Å²) in [7, 11) is -3.96. The first-order chi connectivity index (χ1) is 16.8. The molecule has 0 amide bonds. The van der Waals surface area contributed by atoms with Crippen molar-refractivity contribution < 1.29 is 13.2 Å². The Bertz CT molecular complexity index is 1700. The Labute approximate surface area is 201 Å². The molecule has 2 aromatic carbocycles. The smallest absolute Gasteiger partial charge is 0.264 e. The normalized spacial score (nSPS) is 11.9. The molecule has 0 saturated carbocycles. The summed E-state index contributed by atoms with van der Waals surface area (Å²) in [6.45, 7) is 3.95. The van der Waals surface area contributed by atoms with E-state index in [-0.39, 0.29) is 28.2 Å². The van der Waals surface area contributed by atoms with Crippen LogP contribution in [0.1, 0.15) is 35.8 Å². The average Bonchev–Trinajstić information content (AvgIpc) is 3.24. The van der Waals surface area contributed by atoms with Crippen molar-refractivity contribution in [3.05, 3.63) is 84.4 Å². The minimum atomic E-state index is -3.96.